The molecule has 0 bridgehead atoms. The lowest BCUT2D eigenvalue weighted by Crippen LogP contribution is -2.45. The second-order valence-corrected chi connectivity index (χ2v) is 8.22. The molecule has 2 rings (SSSR count). The molecule has 0 aromatic heterocycles. The number of amides is 4. The van der Waals surface area contributed by atoms with Gasteiger partial charge in [0.05, 0.1) is 5.92 Å². The molecule has 8 heteroatoms. The van der Waals surface area contributed by atoms with Crippen LogP contribution in [-0.4, -0.2) is 54.0 Å². The summed E-state index contributed by atoms with van der Waals surface area (Å²) in [6, 6.07) is -0.504. The van der Waals surface area contributed by atoms with Crippen LogP contribution in [0.2, 0.25) is 0 Å². The molecule has 8 nitrogen and oxygen atoms in total. The number of esters is 1. The van der Waals surface area contributed by atoms with Crippen LogP contribution < -0.4 is 10.6 Å². The van der Waals surface area contributed by atoms with Crippen LogP contribution in [-0.2, 0) is 19.1 Å². The summed E-state index contributed by atoms with van der Waals surface area (Å²) in [4.78, 5) is 49.9. The molecular weight excluding hydrogens is 362 g/mol. The Morgan fingerprint density at radius 2 is 1.96 bits per heavy atom. The zero-order valence-corrected chi connectivity index (χ0v) is 17.3. The van der Waals surface area contributed by atoms with E-state index in [4.69, 9.17) is 4.74 Å². The highest BCUT2D eigenvalue weighted by molar-refractivity contribution is 5.96. The van der Waals surface area contributed by atoms with E-state index >= 15 is 0 Å². The summed E-state index contributed by atoms with van der Waals surface area (Å²) in [6.07, 6.45) is 4.08. The van der Waals surface area contributed by atoms with Gasteiger partial charge in [0.15, 0.2) is 6.61 Å². The normalized spacial score (nSPS) is 28.6. The Balaban J connectivity index is 1.79. The molecule has 1 aliphatic heterocycles. The maximum absolute atomic E-state index is 12.4. The van der Waals surface area contributed by atoms with Crippen LogP contribution in [0.25, 0.3) is 0 Å². The Kier molecular flexibility index (Phi) is 7.83. The van der Waals surface area contributed by atoms with Crippen LogP contribution in [0.3, 0.4) is 0 Å². The number of nitrogens with one attached hydrogen (secondary N) is 2. The third-order valence-corrected chi connectivity index (χ3v) is 6.14. The van der Waals surface area contributed by atoms with E-state index in [1.54, 1.807) is 0 Å². The van der Waals surface area contributed by atoms with Gasteiger partial charge in [0.1, 0.15) is 0 Å². The lowest BCUT2D eigenvalue weighted by Gasteiger charge is -2.39. The van der Waals surface area contributed by atoms with Gasteiger partial charge >= 0.3 is 12.0 Å². The lowest BCUT2D eigenvalue weighted by atomic mass is 9.77. The minimum atomic E-state index is -0.690. The van der Waals surface area contributed by atoms with Crippen LogP contribution in [0.4, 0.5) is 4.79 Å². The minimum absolute atomic E-state index is 0.0229. The smallest absolute Gasteiger partial charge is 0.321 e. The van der Waals surface area contributed by atoms with Crippen molar-refractivity contribution in [1.82, 2.24) is 15.5 Å². The third kappa shape index (κ3) is 5.69. The number of imide groups is 1. The van der Waals surface area contributed by atoms with Gasteiger partial charge in [-0.15, -0.1) is 0 Å². The second kappa shape index (κ2) is 9.89. The Labute approximate surface area is 166 Å². The van der Waals surface area contributed by atoms with Gasteiger partial charge in [-0.1, -0.05) is 33.6 Å². The molecule has 2 fully saturated rings. The Bertz CT molecular complexity index is 609. The van der Waals surface area contributed by atoms with Crippen molar-refractivity contribution in [3.63, 3.8) is 0 Å². The molecule has 1 heterocycles. The predicted molar refractivity (Wildman–Crippen MR) is 103 cm³/mol. The Hall–Kier alpha value is -2.12. The first-order valence-electron chi connectivity index (χ1n) is 10.3. The number of carbonyl (C=O) groups is 4. The van der Waals surface area contributed by atoms with E-state index in [0.717, 1.165) is 19.3 Å². The number of ether oxygens (including phenoxy) is 1. The van der Waals surface area contributed by atoms with E-state index in [2.05, 4.69) is 24.5 Å². The van der Waals surface area contributed by atoms with Crippen molar-refractivity contribution < 1.29 is 23.9 Å². The fourth-order valence-electron chi connectivity index (χ4n) is 3.98. The summed E-state index contributed by atoms with van der Waals surface area (Å²) < 4.78 is 5.04. The van der Waals surface area contributed by atoms with Gasteiger partial charge in [0.2, 0.25) is 5.91 Å². The fraction of sp³-hybridized carbons (Fsp3) is 0.800. The van der Waals surface area contributed by atoms with Crippen LogP contribution >= 0.6 is 0 Å². The van der Waals surface area contributed by atoms with Crippen LogP contribution in [0.1, 0.15) is 59.8 Å². The highest BCUT2D eigenvalue weighted by Gasteiger charge is 2.42. The first-order chi connectivity index (χ1) is 13.2. The molecule has 1 saturated heterocycles. The number of rotatable bonds is 6. The quantitative estimate of drug-likeness (QED) is 0.668. The van der Waals surface area contributed by atoms with Gasteiger partial charge in [-0.2, -0.15) is 0 Å². The lowest BCUT2D eigenvalue weighted by molar-refractivity contribution is -0.152. The SMILES string of the molecule is CC[C@H](C)NC(=O)NC(=O)COC(=O)[C@@H]1CC(=O)N([C@@H]2CCC[C@H](C)[C@@H]2C)C1. The molecule has 0 spiro atoms. The predicted octanol–water partition coefficient (Wildman–Crippen LogP) is 1.83. The molecule has 28 heavy (non-hydrogen) atoms. The average molecular weight is 396 g/mol. The molecule has 1 saturated carbocycles. The average Bonchev–Trinajstić information content (AvgIpc) is 3.03. The van der Waals surface area contributed by atoms with Crippen molar-refractivity contribution in [2.75, 3.05) is 13.2 Å². The molecular formula is C20H33N3O5. The Morgan fingerprint density at radius 3 is 2.64 bits per heavy atom. The number of hydrogen-bond acceptors (Lipinski definition) is 5. The largest absolute Gasteiger partial charge is 0.455 e. The molecule has 0 aromatic carbocycles. The van der Waals surface area contributed by atoms with E-state index < -0.39 is 30.4 Å². The van der Waals surface area contributed by atoms with Gasteiger partial charge < -0.3 is 15.0 Å². The highest BCUT2D eigenvalue weighted by Crippen LogP contribution is 2.35. The standard InChI is InChI=1S/C20H33N3O5/c1-5-13(3)21-20(27)22-17(24)11-28-19(26)15-9-18(25)23(10-15)16-8-6-7-12(2)14(16)4/h12-16H,5-11H2,1-4H3,(H2,21,22,24,27)/t12-,13-,14-,15+,16+/m0/s1. The molecule has 0 unspecified atom stereocenters. The third-order valence-electron chi connectivity index (χ3n) is 6.14. The first kappa shape index (κ1) is 22.2. The van der Waals surface area contributed by atoms with Crippen molar-refractivity contribution in [2.45, 2.75) is 71.9 Å². The molecule has 2 aliphatic rings. The van der Waals surface area contributed by atoms with E-state index in [-0.39, 0.29) is 24.4 Å². The van der Waals surface area contributed by atoms with Gasteiger partial charge in [0, 0.05) is 25.0 Å². The molecule has 2 N–H and O–H groups in total. The number of urea groups is 1. The highest BCUT2D eigenvalue weighted by atomic mass is 16.5. The number of hydrogen-bond donors (Lipinski definition) is 2. The monoisotopic (exact) mass is 395 g/mol. The molecule has 158 valence electrons. The fourth-order valence-corrected chi connectivity index (χ4v) is 3.98. The van der Waals surface area contributed by atoms with Crippen molar-refractivity contribution in [2.24, 2.45) is 17.8 Å². The van der Waals surface area contributed by atoms with Crippen molar-refractivity contribution in [3.8, 4) is 0 Å². The molecule has 0 aromatic rings. The first-order valence-corrected chi connectivity index (χ1v) is 10.3. The number of carbonyl (C=O) groups excluding carboxylic acids is 4. The van der Waals surface area contributed by atoms with Gasteiger partial charge in [0.25, 0.3) is 5.91 Å². The summed E-state index contributed by atoms with van der Waals surface area (Å²) >= 11 is 0. The Morgan fingerprint density at radius 1 is 1.25 bits per heavy atom. The van der Waals surface area contributed by atoms with Crippen LogP contribution in [0, 0.1) is 17.8 Å². The van der Waals surface area contributed by atoms with Crippen molar-refractivity contribution in [3.05, 3.63) is 0 Å². The minimum Gasteiger partial charge on any atom is -0.455 e. The maximum Gasteiger partial charge on any atom is 0.321 e. The van der Waals surface area contributed by atoms with Crippen molar-refractivity contribution in [1.29, 1.82) is 0 Å². The summed E-state index contributed by atoms with van der Waals surface area (Å²) in [6.45, 7) is 7.92. The topological polar surface area (TPSA) is 105 Å². The summed E-state index contributed by atoms with van der Waals surface area (Å²) in [7, 11) is 0. The van der Waals surface area contributed by atoms with E-state index in [1.165, 1.54) is 6.42 Å². The van der Waals surface area contributed by atoms with E-state index in [9.17, 15) is 19.2 Å². The zero-order valence-electron chi connectivity index (χ0n) is 17.3. The maximum atomic E-state index is 12.4. The molecule has 1 aliphatic carbocycles. The second-order valence-electron chi connectivity index (χ2n) is 8.22. The van der Waals surface area contributed by atoms with Gasteiger partial charge in [-0.05, 0) is 31.6 Å². The number of nitrogens with zero attached hydrogens (tertiary/aromatic N) is 1. The number of likely N-dealkylation sites (tertiary alicyclic amines) is 1. The summed E-state index contributed by atoms with van der Waals surface area (Å²) in [5.41, 5.74) is 0. The zero-order chi connectivity index (χ0) is 20.8. The summed E-state index contributed by atoms with van der Waals surface area (Å²) in [5.74, 6) is -0.871. The van der Waals surface area contributed by atoms with Crippen molar-refractivity contribution >= 4 is 23.8 Å². The van der Waals surface area contributed by atoms with Gasteiger partial charge in [-0.3, -0.25) is 19.7 Å². The molecule has 0 radical (unpaired) electrons. The van der Waals surface area contributed by atoms with E-state index in [0.29, 0.717) is 18.4 Å². The van der Waals surface area contributed by atoms with Gasteiger partial charge in [-0.25, -0.2) is 4.79 Å². The van der Waals surface area contributed by atoms with Crippen LogP contribution in [0.15, 0.2) is 0 Å². The summed E-state index contributed by atoms with van der Waals surface area (Å²) in [5, 5.41) is 4.72. The van der Waals surface area contributed by atoms with E-state index in [1.807, 2.05) is 18.7 Å². The van der Waals surface area contributed by atoms with Crippen LogP contribution in [0.5, 0.6) is 0 Å². The molecule has 5 atom stereocenters. The molecule has 4 amide bonds.